The number of carbonyl (C=O) groups excluding carboxylic acids is 2. The van der Waals surface area contributed by atoms with Gasteiger partial charge in [-0.15, -0.1) is 0 Å². The van der Waals surface area contributed by atoms with E-state index in [2.05, 4.69) is 9.78 Å². The molecule has 0 aliphatic heterocycles. The van der Waals surface area contributed by atoms with Crippen molar-refractivity contribution in [3.8, 4) is 0 Å². The van der Waals surface area contributed by atoms with Gasteiger partial charge in [-0.1, -0.05) is 6.92 Å². The molecule has 148 valence electrons. The first-order valence-corrected chi connectivity index (χ1v) is 8.60. The molecule has 0 atom stereocenters. The minimum Gasteiger partial charge on any atom is -0.432 e. The minimum atomic E-state index is -0.851. The molecule has 0 saturated heterocycles. The molecule has 0 aromatic rings. The monoisotopic (exact) mass is 364 g/mol. The number of hydrogen-bond donors (Lipinski definition) is 0. The molecule has 8 heteroatoms. The molecule has 0 aliphatic carbocycles. The second-order valence-electron chi connectivity index (χ2n) is 7.17. The zero-order valence-electron chi connectivity index (χ0n) is 16.2. The van der Waals surface area contributed by atoms with Gasteiger partial charge in [-0.2, -0.15) is 9.78 Å². The van der Waals surface area contributed by atoms with E-state index in [4.69, 9.17) is 19.2 Å². The van der Waals surface area contributed by atoms with Crippen LogP contribution in [0.3, 0.4) is 0 Å². The van der Waals surface area contributed by atoms with Gasteiger partial charge in [0.05, 0.1) is 13.2 Å². The van der Waals surface area contributed by atoms with Crippen LogP contribution >= 0.6 is 0 Å². The maximum Gasteiger partial charge on any atom is 0.540 e. The summed E-state index contributed by atoms with van der Waals surface area (Å²) in [5, 5.41) is 0. The first kappa shape index (κ1) is 23.5. The molecule has 8 nitrogen and oxygen atoms in total. The summed E-state index contributed by atoms with van der Waals surface area (Å²) < 4.78 is 9.73. The van der Waals surface area contributed by atoms with Crippen molar-refractivity contribution in [3.63, 3.8) is 0 Å². The Morgan fingerprint density at radius 2 is 1.16 bits per heavy atom. The second kappa shape index (κ2) is 11.9. The highest BCUT2D eigenvalue weighted by atomic mass is 17.2. The highest BCUT2D eigenvalue weighted by Crippen LogP contribution is 2.14. The van der Waals surface area contributed by atoms with E-state index in [1.54, 1.807) is 20.8 Å². The quantitative estimate of drug-likeness (QED) is 0.225. The molecule has 0 rings (SSSR count). The van der Waals surface area contributed by atoms with Crippen LogP contribution in [0.5, 0.6) is 0 Å². The fourth-order valence-electron chi connectivity index (χ4n) is 1.28. The number of carbonyl (C=O) groups is 2. The first-order chi connectivity index (χ1) is 11.6. The largest absolute Gasteiger partial charge is 0.540 e. The molecule has 0 radical (unpaired) electrons. The molecular weight excluding hydrogens is 332 g/mol. The molecule has 0 amide bonds. The van der Waals surface area contributed by atoms with Gasteiger partial charge < -0.3 is 9.47 Å². The van der Waals surface area contributed by atoms with Gasteiger partial charge >= 0.3 is 12.3 Å². The molecule has 0 aromatic heterocycles. The predicted octanol–water partition coefficient (Wildman–Crippen LogP) is 4.70. The van der Waals surface area contributed by atoms with Crippen LogP contribution in [0.2, 0.25) is 0 Å². The molecule has 25 heavy (non-hydrogen) atoms. The molecule has 0 N–H and O–H groups in total. The molecule has 0 aromatic carbocycles. The van der Waals surface area contributed by atoms with Crippen LogP contribution in [-0.4, -0.2) is 36.7 Å². The number of hydrogen-bond acceptors (Lipinski definition) is 8. The minimum absolute atomic E-state index is 0.245. The summed E-state index contributed by atoms with van der Waals surface area (Å²) in [5.74, 6) is 0. The number of ether oxygens (including phenoxy) is 2. The van der Waals surface area contributed by atoms with E-state index in [1.165, 1.54) is 0 Å². The number of rotatable bonds is 11. The molecule has 0 saturated carbocycles. The van der Waals surface area contributed by atoms with E-state index < -0.39 is 23.5 Å². The summed E-state index contributed by atoms with van der Waals surface area (Å²) >= 11 is 0. The van der Waals surface area contributed by atoms with Gasteiger partial charge in [-0.3, -0.25) is 9.78 Å². The summed E-state index contributed by atoms with van der Waals surface area (Å²) in [6, 6.07) is 0. The van der Waals surface area contributed by atoms with Gasteiger partial charge in [-0.25, -0.2) is 9.59 Å². The lowest BCUT2D eigenvalue weighted by molar-refractivity contribution is -0.317. The average molecular weight is 364 g/mol. The third-order valence-corrected chi connectivity index (χ3v) is 3.02. The molecule has 0 unspecified atom stereocenters. The van der Waals surface area contributed by atoms with E-state index in [-0.39, 0.29) is 13.2 Å². The Morgan fingerprint density at radius 3 is 1.56 bits per heavy atom. The standard InChI is InChI=1S/C17H32O8/c1-7-17(5,6)25-23-15(19)21-13-11-9-8-10-12-20-14(18)22-24-16(2,3)4/h7-13H2,1-6H3. The lowest BCUT2D eigenvalue weighted by atomic mass is 10.1. The summed E-state index contributed by atoms with van der Waals surface area (Å²) in [6.07, 6.45) is 2.03. The maximum atomic E-state index is 11.3. The Labute approximate surface area is 149 Å². The molecule has 0 fully saturated rings. The van der Waals surface area contributed by atoms with Gasteiger partial charge in [0, 0.05) is 0 Å². The number of unbranched alkanes of at least 4 members (excludes halogenated alkanes) is 3. The van der Waals surface area contributed by atoms with Crippen LogP contribution in [0.15, 0.2) is 0 Å². The van der Waals surface area contributed by atoms with Crippen molar-refractivity contribution in [2.45, 2.75) is 84.8 Å². The first-order valence-electron chi connectivity index (χ1n) is 8.60. The van der Waals surface area contributed by atoms with E-state index in [9.17, 15) is 9.59 Å². The van der Waals surface area contributed by atoms with Gasteiger partial charge in [-0.05, 0) is 66.7 Å². The normalized spacial score (nSPS) is 11.8. The van der Waals surface area contributed by atoms with Crippen molar-refractivity contribution >= 4 is 12.3 Å². The Hall–Kier alpha value is -1.54. The van der Waals surface area contributed by atoms with Crippen molar-refractivity contribution < 1.29 is 38.6 Å². The SMILES string of the molecule is CCC(C)(C)OOC(=O)OCCCCCCOC(=O)OOC(C)(C)C. The highest BCUT2D eigenvalue weighted by Gasteiger charge is 2.20. The van der Waals surface area contributed by atoms with Crippen LogP contribution in [0, 0.1) is 0 Å². The molecule has 0 spiro atoms. The summed E-state index contributed by atoms with van der Waals surface area (Å²) in [7, 11) is 0. The fraction of sp³-hybridized carbons (Fsp3) is 0.882. The Balaban J connectivity index is 3.47. The van der Waals surface area contributed by atoms with Gasteiger partial charge in [0.25, 0.3) is 0 Å². The van der Waals surface area contributed by atoms with Gasteiger partial charge in [0.1, 0.15) is 11.2 Å². The smallest absolute Gasteiger partial charge is 0.432 e. The summed E-state index contributed by atoms with van der Waals surface area (Å²) in [6.45, 7) is 11.3. The highest BCUT2D eigenvalue weighted by molar-refractivity contribution is 5.59. The third kappa shape index (κ3) is 15.7. The van der Waals surface area contributed by atoms with Crippen LogP contribution in [0.4, 0.5) is 9.59 Å². The zero-order chi connectivity index (χ0) is 19.3. The maximum absolute atomic E-state index is 11.3. The van der Waals surface area contributed by atoms with E-state index in [0.29, 0.717) is 19.3 Å². The summed E-state index contributed by atoms with van der Waals surface area (Å²) in [5.41, 5.74) is -1.10. The Kier molecular flexibility index (Phi) is 11.2. The van der Waals surface area contributed by atoms with Crippen molar-refractivity contribution in [1.82, 2.24) is 0 Å². The Bertz CT molecular complexity index is 387. The summed E-state index contributed by atoms with van der Waals surface area (Å²) in [4.78, 5) is 41.4. The van der Waals surface area contributed by atoms with Gasteiger partial charge in [0.2, 0.25) is 0 Å². The van der Waals surface area contributed by atoms with Crippen LogP contribution < -0.4 is 0 Å². The van der Waals surface area contributed by atoms with Crippen LogP contribution in [0.1, 0.15) is 73.6 Å². The zero-order valence-corrected chi connectivity index (χ0v) is 16.2. The molecular formula is C17H32O8. The van der Waals surface area contributed by atoms with Crippen molar-refractivity contribution in [3.05, 3.63) is 0 Å². The van der Waals surface area contributed by atoms with Crippen LogP contribution in [-0.2, 0) is 29.0 Å². The second-order valence-corrected chi connectivity index (χ2v) is 7.17. The average Bonchev–Trinajstić information content (AvgIpc) is 2.53. The third-order valence-electron chi connectivity index (χ3n) is 3.02. The molecule has 0 aliphatic rings. The lowest BCUT2D eigenvalue weighted by Gasteiger charge is -2.19. The van der Waals surface area contributed by atoms with Crippen molar-refractivity contribution in [2.24, 2.45) is 0 Å². The fourth-order valence-corrected chi connectivity index (χ4v) is 1.28. The Morgan fingerprint density at radius 1 is 0.720 bits per heavy atom. The molecule has 0 bridgehead atoms. The lowest BCUT2D eigenvalue weighted by Crippen LogP contribution is -2.25. The van der Waals surface area contributed by atoms with Crippen LogP contribution in [0.25, 0.3) is 0 Å². The molecule has 0 heterocycles. The van der Waals surface area contributed by atoms with E-state index in [0.717, 1.165) is 12.8 Å². The topological polar surface area (TPSA) is 89.5 Å². The van der Waals surface area contributed by atoms with E-state index >= 15 is 0 Å². The van der Waals surface area contributed by atoms with Crippen molar-refractivity contribution in [1.29, 1.82) is 0 Å². The van der Waals surface area contributed by atoms with Gasteiger partial charge in [0.15, 0.2) is 0 Å². The predicted molar refractivity (Wildman–Crippen MR) is 89.6 cm³/mol. The van der Waals surface area contributed by atoms with Crippen molar-refractivity contribution in [2.75, 3.05) is 13.2 Å². The van der Waals surface area contributed by atoms with E-state index in [1.807, 2.05) is 20.8 Å².